The molecule has 1 aliphatic rings. The molecule has 132 valence electrons. The lowest BCUT2D eigenvalue weighted by atomic mass is 10.2. The molecule has 1 heterocycles. The van der Waals surface area contributed by atoms with Crippen molar-refractivity contribution in [3.05, 3.63) is 29.8 Å². The molecule has 1 fully saturated rings. The Labute approximate surface area is 147 Å². The molecule has 1 atom stereocenters. The Hall–Kier alpha value is -2.88. The summed E-state index contributed by atoms with van der Waals surface area (Å²) in [6.45, 7) is -0.481. The van der Waals surface area contributed by atoms with Crippen molar-refractivity contribution in [2.24, 2.45) is 10.2 Å². The molecular formula is C15H16N4O5S. The van der Waals surface area contributed by atoms with E-state index >= 15 is 0 Å². The van der Waals surface area contributed by atoms with E-state index in [0.29, 0.717) is 0 Å². The van der Waals surface area contributed by atoms with E-state index in [1.165, 1.54) is 6.21 Å². The maximum Gasteiger partial charge on any atom is 0.322 e. The number of carbonyl (C=O) groups excluding carboxylic acids is 2. The van der Waals surface area contributed by atoms with Crippen LogP contribution in [0.4, 0.5) is 0 Å². The van der Waals surface area contributed by atoms with Crippen molar-refractivity contribution in [1.82, 2.24) is 10.6 Å². The monoisotopic (exact) mass is 364 g/mol. The van der Waals surface area contributed by atoms with Crippen molar-refractivity contribution in [1.29, 1.82) is 0 Å². The van der Waals surface area contributed by atoms with Gasteiger partial charge in [-0.25, -0.2) is 0 Å². The summed E-state index contributed by atoms with van der Waals surface area (Å²) in [5, 5.41) is 20.6. The predicted molar refractivity (Wildman–Crippen MR) is 92.8 cm³/mol. The van der Waals surface area contributed by atoms with E-state index in [1.54, 1.807) is 31.4 Å². The third-order valence-electron chi connectivity index (χ3n) is 3.06. The van der Waals surface area contributed by atoms with Crippen LogP contribution >= 0.6 is 11.8 Å². The van der Waals surface area contributed by atoms with Gasteiger partial charge in [0.15, 0.2) is 5.17 Å². The molecule has 1 saturated heterocycles. The molecule has 0 bridgehead atoms. The number of amidine groups is 1. The molecule has 9 nitrogen and oxygen atoms in total. The summed E-state index contributed by atoms with van der Waals surface area (Å²) in [6, 6.07) is 7.18. The van der Waals surface area contributed by atoms with Crippen molar-refractivity contribution in [2.45, 2.75) is 11.7 Å². The molecule has 0 saturated carbocycles. The van der Waals surface area contributed by atoms with E-state index in [4.69, 9.17) is 9.84 Å². The standard InChI is InChI=1S/C15H16N4O5S/c1-24-10-4-2-9(3-5-10)7-17-19-15-18-14(23)11(25-15)6-12(20)16-8-13(21)22/h2-5,7,11H,6,8H2,1H3,(H,16,20)(H,21,22)(H,18,19,23). The van der Waals surface area contributed by atoms with E-state index in [-0.39, 0.29) is 17.5 Å². The van der Waals surface area contributed by atoms with E-state index in [1.807, 2.05) is 0 Å². The second-order valence-corrected chi connectivity index (χ2v) is 6.08. The SMILES string of the molecule is COc1ccc(C=NN=C2NC(=O)C(CC(=O)NCC(=O)O)S2)cc1. The highest BCUT2D eigenvalue weighted by Crippen LogP contribution is 2.22. The molecule has 1 aromatic rings. The van der Waals surface area contributed by atoms with Crippen molar-refractivity contribution in [3.8, 4) is 5.75 Å². The molecule has 2 amide bonds. The fourth-order valence-corrected chi connectivity index (χ4v) is 2.76. The minimum Gasteiger partial charge on any atom is -0.497 e. The summed E-state index contributed by atoms with van der Waals surface area (Å²) < 4.78 is 5.05. The van der Waals surface area contributed by atoms with E-state index in [2.05, 4.69) is 20.8 Å². The maximum absolute atomic E-state index is 11.8. The van der Waals surface area contributed by atoms with Gasteiger partial charge >= 0.3 is 5.97 Å². The Morgan fingerprint density at radius 1 is 1.40 bits per heavy atom. The average molecular weight is 364 g/mol. The van der Waals surface area contributed by atoms with Crippen LogP contribution in [0.1, 0.15) is 12.0 Å². The number of carboxylic acids is 1. The zero-order chi connectivity index (χ0) is 18.2. The predicted octanol–water partition coefficient (Wildman–Crippen LogP) is 0.208. The lowest BCUT2D eigenvalue weighted by Gasteiger charge is -2.04. The number of rotatable bonds is 7. The third kappa shape index (κ3) is 5.92. The van der Waals surface area contributed by atoms with Crippen LogP contribution < -0.4 is 15.4 Å². The molecule has 25 heavy (non-hydrogen) atoms. The third-order valence-corrected chi connectivity index (χ3v) is 4.13. The van der Waals surface area contributed by atoms with Gasteiger partial charge < -0.3 is 20.5 Å². The molecular weight excluding hydrogens is 348 g/mol. The number of benzene rings is 1. The molecule has 1 aromatic carbocycles. The molecule has 1 unspecified atom stereocenters. The van der Waals surface area contributed by atoms with Crippen molar-refractivity contribution < 1.29 is 24.2 Å². The van der Waals surface area contributed by atoms with Crippen LogP contribution in [-0.2, 0) is 14.4 Å². The Kier molecular flexibility index (Phi) is 6.52. The highest BCUT2D eigenvalue weighted by Gasteiger charge is 2.32. The van der Waals surface area contributed by atoms with Crippen LogP contribution in [0.15, 0.2) is 34.5 Å². The van der Waals surface area contributed by atoms with E-state index < -0.39 is 23.7 Å². The van der Waals surface area contributed by atoms with Gasteiger partial charge in [0.1, 0.15) is 17.5 Å². The summed E-state index contributed by atoms with van der Waals surface area (Å²) >= 11 is 1.07. The van der Waals surface area contributed by atoms with Crippen LogP contribution in [0.5, 0.6) is 5.75 Å². The topological polar surface area (TPSA) is 129 Å². The number of hydrogen-bond acceptors (Lipinski definition) is 7. The van der Waals surface area contributed by atoms with Crippen molar-refractivity contribution >= 4 is 40.9 Å². The number of aliphatic carboxylic acids is 1. The number of thioether (sulfide) groups is 1. The van der Waals surface area contributed by atoms with Gasteiger partial charge in [0, 0.05) is 6.42 Å². The summed E-state index contributed by atoms with van der Waals surface area (Å²) in [5.74, 6) is -1.30. The first-order valence-electron chi connectivity index (χ1n) is 7.19. The lowest BCUT2D eigenvalue weighted by molar-refractivity contribution is -0.137. The Bertz CT molecular complexity index is 717. The first-order valence-corrected chi connectivity index (χ1v) is 8.07. The molecule has 1 aliphatic heterocycles. The van der Waals surface area contributed by atoms with Crippen molar-refractivity contribution in [2.75, 3.05) is 13.7 Å². The number of nitrogens with zero attached hydrogens (tertiary/aromatic N) is 2. The van der Waals surface area contributed by atoms with Crippen LogP contribution in [0.25, 0.3) is 0 Å². The number of methoxy groups -OCH3 is 1. The summed E-state index contributed by atoms with van der Waals surface area (Å²) in [4.78, 5) is 33.7. The van der Waals surface area contributed by atoms with E-state index in [9.17, 15) is 14.4 Å². The van der Waals surface area contributed by atoms with Gasteiger partial charge in [-0.2, -0.15) is 5.10 Å². The van der Waals surface area contributed by atoms with Gasteiger partial charge in [0.05, 0.1) is 13.3 Å². The fourth-order valence-electron chi connectivity index (χ4n) is 1.84. The maximum atomic E-state index is 11.8. The molecule has 10 heteroatoms. The van der Waals surface area contributed by atoms with Gasteiger partial charge in [0.25, 0.3) is 0 Å². The highest BCUT2D eigenvalue weighted by atomic mass is 32.2. The van der Waals surface area contributed by atoms with Crippen LogP contribution in [-0.4, -0.2) is 53.2 Å². The summed E-state index contributed by atoms with van der Waals surface area (Å²) in [6.07, 6.45) is 1.39. The Morgan fingerprint density at radius 2 is 2.12 bits per heavy atom. The minimum atomic E-state index is -1.15. The smallest absolute Gasteiger partial charge is 0.322 e. The average Bonchev–Trinajstić information content (AvgIpc) is 2.93. The molecule has 3 N–H and O–H groups in total. The summed E-state index contributed by atoms with van der Waals surface area (Å²) in [7, 11) is 1.58. The van der Waals surface area contributed by atoms with Gasteiger partial charge in [-0.3, -0.25) is 14.4 Å². The van der Waals surface area contributed by atoms with Crippen LogP contribution in [0, 0.1) is 0 Å². The number of amides is 2. The summed E-state index contributed by atoms with van der Waals surface area (Å²) in [5.41, 5.74) is 0.809. The first kappa shape index (κ1) is 18.5. The van der Waals surface area contributed by atoms with Gasteiger partial charge in [0.2, 0.25) is 11.8 Å². The number of ether oxygens (including phenoxy) is 1. The van der Waals surface area contributed by atoms with Crippen LogP contribution in [0.3, 0.4) is 0 Å². The molecule has 0 aromatic heterocycles. The quantitative estimate of drug-likeness (QED) is 0.468. The Balaban J connectivity index is 1.87. The Morgan fingerprint density at radius 3 is 2.76 bits per heavy atom. The van der Waals surface area contributed by atoms with Gasteiger partial charge in [-0.15, -0.1) is 5.10 Å². The zero-order valence-electron chi connectivity index (χ0n) is 13.3. The van der Waals surface area contributed by atoms with Crippen LogP contribution in [0.2, 0.25) is 0 Å². The normalized spacial score (nSPS) is 18.4. The second-order valence-electron chi connectivity index (χ2n) is 4.89. The number of carboxylic acid groups (broad SMARTS) is 1. The molecule has 0 radical (unpaired) electrons. The largest absolute Gasteiger partial charge is 0.497 e. The number of carbonyl (C=O) groups is 3. The zero-order valence-corrected chi connectivity index (χ0v) is 14.1. The molecule has 2 rings (SSSR count). The van der Waals surface area contributed by atoms with Gasteiger partial charge in [-0.1, -0.05) is 11.8 Å². The highest BCUT2D eigenvalue weighted by molar-refractivity contribution is 8.15. The first-order chi connectivity index (χ1) is 12.0. The molecule has 0 spiro atoms. The lowest BCUT2D eigenvalue weighted by Crippen LogP contribution is -2.33. The van der Waals surface area contributed by atoms with E-state index in [0.717, 1.165) is 23.1 Å². The number of hydrogen-bond donors (Lipinski definition) is 3. The number of nitrogens with one attached hydrogen (secondary N) is 2. The fraction of sp³-hybridized carbons (Fsp3) is 0.267. The second kappa shape index (κ2) is 8.83. The minimum absolute atomic E-state index is 0.134. The van der Waals surface area contributed by atoms with Crippen molar-refractivity contribution in [3.63, 3.8) is 0 Å². The van der Waals surface area contributed by atoms with Gasteiger partial charge in [-0.05, 0) is 29.8 Å². The molecule has 0 aliphatic carbocycles.